The Morgan fingerprint density at radius 3 is 2.79 bits per heavy atom. The smallest absolute Gasteiger partial charge is 0.251 e. The van der Waals surface area contributed by atoms with Crippen molar-refractivity contribution < 1.29 is 9.18 Å². The molecular weight excluding hydrogens is 309 g/mol. The van der Waals surface area contributed by atoms with E-state index in [2.05, 4.69) is 28.2 Å². The van der Waals surface area contributed by atoms with E-state index in [1.165, 1.54) is 18.9 Å². The minimum absolute atomic E-state index is 0.176. The summed E-state index contributed by atoms with van der Waals surface area (Å²) in [6, 6.07) is 4.70. The van der Waals surface area contributed by atoms with Crippen LogP contribution in [0.2, 0.25) is 0 Å². The molecule has 0 spiro atoms. The third-order valence-electron chi connectivity index (χ3n) is 3.86. The van der Waals surface area contributed by atoms with Crippen LogP contribution >= 0.6 is 15.9 Å². The number of carbonyl (C=O) groups is 1. The van der Waals surface area contributed by atoms with Crippen LogP contribution < -0.4 is 5.32 Å². The van der Waals surface area contributed by atoms with Crippen molar-refractivity contribution in [2.45, 2.75) is 45.1 Å². The first-order valence-corrected chi connectivity index (χ1v) is 7.63. The third kappa shape index (κ3) is 3.78. The van der Waals surface area contributed by atoms with Gasteiger partial charge in [0.2, 0.25) is 0 Å². The van der Waals surface area contributed by atoms with Gasteiger partial charge >= 0.3 is 0 Å². The summed E-state index contributed by atoms with van der Waals surface area (Å²) in [5.74, 6) is -0.0848. The second-order valence-corrected chi connectivity index (χ2v) is 6.18. The maximum atomic E-state index is 13.4. The Kier molecular flexibility index (Phi) is 4.97. The van der Waals surface area contributed by atoms with Gasteiger partial charge in [-0.1, -0.05) is 26.2 Å². The Morgan fingerprint density at radius 2 is 2.05 bits per heavy atom. The van der Waals surface area contributed by atoms with E-state index < -0.39 is 5.82 Å². The Bertz CT molecular complexity index is 463. The zero-order valence-electron chi connectivity index (χ0n) is 11.1. The normalized spacial score (nSPS) is 23.7. The monoisotopic (exact) mass is 327 g/mol. The minimum atomic E-state index is -0.401. The second-order valence-electron chi connectivity index (χ2n) is 5.32. The van der Waals surface area contributed by atoms with Crippen LogP contribution in [0.25, 0.3) is 0 Å². The fraction of sp³-hybridized carbons (Fsp3) is 0.533. The average Bonchev–Trinajstić information content (AvgIpc) is 2.58. The first kappa shape index (κ1) is 14.5. The van der Waals surface area contributed by atoms with E-state index in [-0.39, 0.29) is 11.9 Å². The van der Waals surface area contributed by atoms with E-state index in [0.717, 1.165) is 19.3 Å². The molecule has 19 heavy (non-hydrogen) atoms. The molecular formula is C15H19BrFNO. The van der Waals surface area contributed by atoms with E-state index in [4.69, 9.17) is 0 Å². The molecule has 4 heteroatoms. The second kappa shape index (κ2) is 6.51. The maximum absolute atomic E-state index is 13.4. The van der Waals surface area contributed by atoms with Crippen LogP contribution in [-0.2, 0) is 0 Å². The van der Waals surface area contributed by atoms with Gasteiger partial charge in [-0.05, 0) is 52.9 Å². The molecule has 0 radical (unpaired) electrons. The highest BCUT2D eigenvalue weighted by Crippen LogP contribution is 2.23. The van der Waals surface area contributed by atoms with Crippen LogP contribution in [0.15, 0.2) is 22.7 Å². The van der Waals surface area contributed by atoms with Crippen LogP contribution in [-0.4, -0.2) is 11.9 Å². The van der Waals surface area contributed by atoms with Gasteiger partial charge in [0, 0.05) is 11.6 Å². The van der Waals surface area contributed by atoms with Gasteiger partial charge in [-0.15, -0.1) is 0 Å². The lowest BCUT2D eigenvalue weighted by Crippen LogP contribution is -2.38. The van der Waals surface area contributed by atoms with E-state index in [1.807, 2.05) is 0 Å². The number of carbonyl (C=O) groups excluding carboxylic acids is 1. The van der Waals surface area contributed by atoms with Crippen molar-refractivity contribution in [1.29, 1.82) is 0 Å². The lowest BCUT2D eigenvalue weighted by molar-refractivity contribution is 0.0921. The van der Waals surface area contributed by atoms with Gasteiger partial charge in [0.25, 0.3) is 5.91 Å². The molecule has 1 aromatic carbocycles. The third-order valence-corrected chi connectivity index (χ3v) is 4.50. The number of nitrogens with one attached hydrogen (secondary N) is 1. The molecule has 0 heterocycles. The highest BCUT2D eigenvalue weighted by molar-refractivity contribution is 9.10. The number of benzene rings is 1. The summed E-state index contributed by atoms with van der Waals surface area (Å²) in [4.78, 5) is 12.1. The van der Waals surface area contributed by atoms with Crippen molar-refractivity contribution in [3.8, 4) is 0 Å². The summed E-state index contributed by atoms with van der Waals surface area (Å²) in [6.45, 7) is 2.18. The Hall–Kier alpha value is -0.900. The van der Waals surface area contributed by atoms with Crippen LogP contribution in [0.3, 0.4) is 0 Å². The lowest BCUT2D eigenvalue weighted by atomic mass is 9.96. The molecule has 104 valence electrons. The zero-order chi connectivity index (χ0) is 13.8. The van der Waals surface area contributed by atoms with Crippen molar-refractivity contribution in [2.24, 2.45) is 5.92 Å². The van der Waals surface area contributed by atoms with Crippen LogP contribution in [0.4, 0.5) is 4.39 Å². The van der Waals surface area contributed by atoms with E-state index in [0.29, 0.717) is 16.0 Å². The number of rotatable bonds is 2. The number of hydrogen-bond acceptors (Lipinski definition) is 1. The van der Waals surface area contributed by atoms with Crippen molar-refractivity contribution in [3.05, 3.63) is 34.1 Å². The van der Waals surface area contributed by atoms with Gasteiger partial charge in [-0.3, -0.25) is 4.79 Å². The summed E-state index contributed by atoms with van der Waals surface area (Å²) in [6.07, 6.45) is 5.81. The number of halogens is 2. The molecule has 0 saturated heterocycles. The van der Waals surface area contributed by atoms with Gasteiger partial charge in [0.05, 0.1) is 4.47 Å². The molecule has 2 unspecified atom stereocenters. The van der Waals surface area contributed by atoms with Crippen molar-refractivity contribution >= 4 is 21.8 Å². The molecule has 0 bridgehead atoms. The first-order chi connectivity index (χ1) is 9.08. The van der Waals surface area contributed by atoms with E-state index in [1.54, 1.807) is 12.1 Å². The Balaban J connectivity index is 2.05. The lowest BCUT2D eigenvalue weighted by Gasteiger charge is -2.22. The molecule has 2 rings (SSSR count). The molecule has 1 aliphatic carbocycles. The fourth-order valence-corrected chi connectivity index (χ4v) is 2.84. The fourth-order valence-electron chi connectivity index (χ4n) is 2.60. The van der Waals surface area contributed by atoms with Gasteiger partial charge in [-0.2, -0.15) is 0 Å². The van der Waals surface area contributed by atoms with E-state index >= 15 is 0 Å². The number of hydrogen-bond donors (Lipinski definition) is 1. The first-order valence-electron chi connectivity index (χ1n) is 6.84. The SMILES string of the molecule is CC1CCCCCC1NC(=O)c1ccc(Br)c(F)c1. The van der Waals surface area contributed by atoms with Gasteiger partial charge in [-0.25, -0.2) is 4.39 Å². The highest BCUT2D eigenvalue weighted by Gasteiger charge is 2.22. The summed E-state index contributed by atoms with van der Waals surface area (Å²) in [5.41, 5.74) is 0.386. The molecule has 1 fully saturated rings. The van der Waals surface area contributed by atoms with Crippen molar-refractivity contribution in [2.75, 3.05) is 0 Å². The molecule has 1 aliphatic rings. The standard InChI is InChI=1S/C15H19BrFNO/c1-10-5-3-2-4-6-14(10)18-15(19)11-7-8-12(16)13(17)9-11/h7-10,14H,2-6H2,1H3,(H,18,19). The summed E-state index contributed by atoms with van der Waals surface area (Å²) >= 11 is 3.09. The quantitative estimate of drug-likeness (QED) is 0.807. The largest absolute Gasteiger partial charge is 0.349 e. The zero-order valence-corrected chi connectivity index (χ0v) is 12.7. The molecule has 0 aliphatic heterocycles. The van der Waals surface area contributed by atoms with Crippen LogP contribution in [0, 0.1) is 11.7 Å². The van der Waals surface area contributed by atoms with Crippen molar-refractivity contribution in [1.82, 2.24) is 5.32 Å². The number of amides is 1. The van der Waals surface area contributed by atoms with Crippen LogP contribution in [0.5, 0.6) is 0 Å². The molecule has 1 N–H and O–H groups in total. The molecule has 0 aromatic heterocycles. The van der Waals surface area contributed by atoms with Crippen molar-refractivity contribution in [3.63, 3.8) is 0 Å². The predicted molar refractivity (Wildman–Crippen MR) is 77.6 cm³/mol. The predicted octanol–water partition coefficient (Wildman–Crippen LogP) is 4.29. The Morgan fingerprint density at radius 1 is 1.32 bits per heavy atom. The van der Waals surface area contributed by atoms with Gasteiger partial charge in [0.15, 0.2) is 0 Å². The summed E-state index contributed by atoms with van der Waals surface area (Å²) < 4.78 is 13.8. The topological polar surface area (TPSA) is 29.1 Å². The highest BCUT2D eigenvalue weighted by atomic mass is 79.9. The van der Waals surface area contributed by atoms with Gasteiger partial charge < -0.3 is 5.32 Å². The van der Waals surface area contributed by atoms with Crippen LogP contribution in [0.1, 0.15) is 49.4 Å². The maximum Gasteiger partial charge on any atom is 0.251 e. The minimum Gasteiger partial charge on any atom is -0.349 e. The summed E-state index contributed by atoms with van der Waals surface area (Å²) in [7, 11) is 0. The molecule has 2 atom stereocenters. The average molecular weight is 328 g/mol. The molecule has 2 nitrogen and oxygen atoms in total. The van der Waals surface area contributed by atoms with E-state index in [9.17, 15) is 9.18 Å². The summed E-state index contributed by atoms with van der Waals surface area (Å²) in [5, 5.41) is 3.05. The Labute approximate surface area is 121 Å². The van der Waals surface area contributed by atoms with Gasteiger partial charge in [0.1, 0.15) is 5.82 Å². The molecule has 1 aromatic rings. The molecule has 1 amide bonds. The molecule has 1 saturated carbocycles.